The largest absolute Gasteiger partial charge is 0.481 e. The van der Waals surface area contributed by atoms with E-state index in [1.807, 2.05) is 30.3 Å². The maximum Gasteiger partial charge on any atom is 0.308 e. The van der Waals surface area contributed by atoms with Crippen molar-refractivity contribution in [2.75, 3.05) is 24.5 Å². The van der Waals surface area contributed by atoms with Gasteiger partial charge < -0.3 is 15.3 Å². The molecule has 1 aliphatic heterocycles. The number of para-hydroxylation sites is 1. The molecule has 0 saturated heterocycles. The summed E-state index contributed by atoms with van der Waals surface area (Å²) in [6, 6.07) is 9.32. The molecular weight excluding hydrogens is 258 g/mol. The SMILES string of the molecule is N#CCNC(=O)CN1CC(C(=O)O)Cc2ccccc21. The van der Waals surface area contributed by atoms with Crippen molar-refractivity contribution in [3.63, 3.8) is 0 Å². The Morgan fingerprint density at radius 3 is 2.90 bits per heavy atom. The molecule has 1 aromatic rings. The monoisotopic (exact) mass is 273 g/mol. The fraction of sp³-hybridized carbons (Fsp3) is 0.357. The van der Waals surface area contributed by atoms with E-state index in [9.17, 15) is 14.7 Å². The first-order valence-corrected chi connectivity index (χ1v) is 6.31. The van der Waals surface area contributed by atoms with Crippen molar-refractivity contribution in [3.05, 3.63) is 29.8 Å². The van der Waals surface area contributed by atoms with Crippen LogP contribution in [0.5, 0.6) is 0 Å². The fourth-order valence-corrected chi connectivity index (χ4v) is 2.37. The van der Waals surface area contributed by atoms with Crippen LogP contribution in [0.2, 0.25) is 0 Å². The minimum atomic E-state index is -0.859. The number of nitriles is 1. The van der Waals surface area contributed by atoms with Crippen molar-refractivity contribution in [2.45, 2.75) is 6.42 Å². The van der Waals surface area contributed by atoms with E-state index in [0.717, 1.165) is 11.3 Å². The fourth-order valence-electron chi connectivity index (χ4n) is 2.37. The number of carbonyl (C=O) groups is 2. The van der Waals surface area contributed by atoms with Crippen LogP contribution in [0.3, 0.4) is 0 Å². The summed E-state index contributed by atoms with van der Waals surface area (Å²) in [6.07, 6.45) is 0.474. The molecule has 6 nitrogen and oxygen atoms in total. The smallest absolute Gasteiger partial charge is 0.308 e. The summed E-state index contributed by atoms with van der Waals surface area (Å²) in [4.78, 5) is 24.7. The van der Waals surface area contributed by atoms with Gasteiger partial charge in [-0.2, -0.15) is 5.26 Å². The number of carbonyl (C=O) groups excluding carboxylic acids is 1. The van der Waals surface area contributed by atoms with Gasteiger partial charge in [0.25, 0.3) is 0 Å². The molecule has 1 amide bonds. The summed E-state index contributed by atoms with van der Waals surface area (Å²) in [6.45, 7) is 0.311. The molecule has 1 aromatic carbocycles. The van der Waals surface area contributed by atoms with Crippen LogP contribution in [-0.4, -0.2) is 36.6 Å². The average molecular weight is 273 g/mol. The molecule has 1 unspecified atom stereocenters. The Labute approximate surface area is 116 Å². The third-order valence-corrected chi connectivity index (χ3v) is 3.29. The lowest BCUT2D eigenvalue weighted by molar-refractivity contribution is -0.141. The highest BCUT2D eigenvalue weighted by Gasteiger charge is 2.29. The second-order valence-electron chi connectivity index (χ2n) is 4.68. The van der Waals surface area contributed by atoms with Crippen molar-refractivity contribution in [1.29, 1.82) is 5.26 Å². The average Bonchev–Trinajstić information content (AvgIpc) is 2.44. The first-order chi connectivity index (χ1) is 9.61. The lowest BCUT2D eigenvalue weighted by Gasteiger charge is -2.33. The predicted molar refractivity (Wildman–Crippen MR) is 72.1 cm³/mol. The third kappa shape index (κ3) is 3.06. The molecule has 0 spiro atoms. The Balaban J connectivity index is 2.16. The molecule has 2 rings (SSSR count). The number of fused-ring (bicyclic) bond motifs is 1. The van der Waals surface area contributed by atoms with Gasteiger partial charge in [0, 0.05) is 12.2 Å². The summed E-state index contributed by atoms with van der Waals surface area (Å²) >= 11 is 0. The number of carboxylic acids is 1. The van der Waals surface area contributed by atoms with Gasteiger partial charge in [0.05, 0.1) is 18.5 Å². The highest BCUT2D eigenvalue weighted by molar-refractivity contribution is 5.83. The minimum Gasteiger partial charge on any atom is -0.481 e. The van der Waals surface area contributed by atoms with Crippen molar-refractivity contribution in [3.8, 4) is 6.07 Å². The van der Waals surface area contributed by atoms with E-state index in [1.54, 1.807) is 4.90 Å². The summed E-state index contributed by atoms with van der Waals surface area (Å²) in [5.41, 5.74) is 1.82. The van der Waals surface area contributed by atoms with Gasteiger partial charge in [0.2, 0.25) is 5.91 Å². The van der Waals surface area contributed by atoms with Gasteiger partial charge in [-0.15, -0.1) is 0 Å². The summed E-state index contributed by atoms with van der Waals surface area (Å²) < 4.78 is 0. The van der Waals surface area contributed by atoms with Gasteiger partial charge in [-0.3, -0.25) is 9.59 Å². The van der Waals surface area contributed by atoms with Crippen LogP contribution in [0.4, 0.5) is 5.69 Å². The first-order valence-electron chi connectivity index (χ1n) is 6.31. The van der Waals surface area contributed by atoms with E-state index in [0.29, 0.717) is 13.0 Å². The molecule has 0 aliphatic carbocycles. The van der Waals surface area contributed by atoms with Crippen LogP contribution in [0, 0.1) is 17.2 Å². The van der Waals surface area contributed by atoms with Gasteiger partial charge >= 0.3 is 5.97 Å². The number of rotatable bonds is 4. The lowest BCUT2D eigenvalue weighted by Crippen LogP contribution is -2.44. The molecular formula is C14H15N3O3. The van der Waals surface area contributed by atoms with E-state index in [1.165, 1.54) is 0 Å². The zero-order valence-corrected chi connectivity index (χ0v) is 10.9. The molecule has 0 bridgehead atoms. The number of anilines is 1. The zero-order valence-electron chi connectivity index (χ0n) is 10.9. The maximum atomic E-state index is 11.7. The van der Waals surface area contributed by atoms with E-state index >= 15 is 0 Å². The summed E-state index contributed by atoms with van der Waals surface area (Å²) in [5.74, 6) is -1.66. The van der Waals surface area contributed by atoms with Crippen molar-refractivity contribution in [2.24, 2.45) is 5.92 Å². The number of benzene rings is 1. The van der Waals surface area contributed by atoms with Crippen LogP contribution in [-0.2, 0) is 16.0 Å². The molecule has 1 heterocycles. The first kappa shape index (κ1) is 13.9. The molecule has 0 radical (unpaired) electrons. The molecule has 1 aliphatic rings. The molecule has 2 N–H and O–H groups in total. The van der Waals surface area contributed by atoms with Crippen LogP contribution < -0.4 is 10.2 Å². The maximum absolute atomic E-state index is 11.7. The normalized spacial score (nSPS) is 16.9. The number of nitrogens with one attached hydrogen (secondary N) is 1. The molecule has 20 heavy (non-hydrogen) atoms. The molecule has 1 atom stereocenters. The molecule has 0 saturated carbocycles. The topological polar surface area (TPSA) is 93.4 Å². The van der Waals surface area contributed by atoms with Gasteiger partial charge in [-0.1, -0.05) is 18.2 Å². The summed E-state index contributed by atoms with van der Waals surface area (Å²) in [5, 5.41) is 20.1. The third-order valence-electron chi connectivity index (χ3n) is 3.29. The highest BCUT2D eigenvalue weighted by atomic mass is 16.4. The van der Waals surface area contributed by atoms with Crippen molar-refractivity contribution >= 4 is 17.6 Å². The Bertz CT molecular complexity index is 565. The molecule has 104 valence electrons. The number of amides is 1. The number of hydrogen-bond donors (Lipinski definition) is 2. The molecule has 6 heteroatoms. The van der Waals surface area contributed by atoms with Gasteiger partial charge in [-0.05, 0) is 18.1 Å². The van der Waals surface area contributed by atoms with Crippen LogP contribution >= 0.6 is 0 Å². The summed E-state index contributed by atoms with van der Waals surface area (Å²) in [7, 11) is 0. The Morgan fingerprint density at radius 1 is 1.45 bits per heavy atom. The number of nitrogens with zero attached hydrogens (tertiary/aromatic N) is 2. The number of carboxylic acid groups (broad SMARTS) is 1. The Kier molecular flexibility index (Phi) is 4.20. The quantitative estimate of drug-likeness (QED) is 0.774. The number of aliphatic carboxylic acids is 1. The standard InChI is InChI=1S/C14H15N3O3/c15-5-6-16-13(18)9-17-8-11(14(19)20)7-10-3-1-2-4-12(10)17/h1-4,11H,6-9H2,(H,16,18)(H,19,20). The zero-order chi connectivity index (χ0) is 14.5. The molecule has 0 aromatic heterocycles. The highest BCUT2D eigenvalue weighted by Crippen LogP contribution is 2.29. The van der Waals surface area contributed by atoms with Crippen molar-refractivity contribution < 1.29 is 14.7 Å². The predicted octanol–water partition coefficient (Wildman–Crippen LogP) is 0.390. The van der Waals surface area contributed by atoms with E-state index in [2.05, 4.69) is 5.32 Å². The van der Waals surface area contributed by atoms with Gasteiger partial charge in [-0.25, -0.2) is 0 Å². The van der Waals surface area contributed by atoms with Gasteiger partial charge in [0.15, 0.2) is 0 Å². The van der Waals surface area contributed by atoms with E-state index in [-0.39, 0.29) is 19.0 Å². The number of hydrogen-bond acceptors (Lipinski definition) is 4. The second kappa shape index (κ2) is 6.06. The lowest BCUT2D eigenvalue weighted by atomic mass is 9.92. The molecule has 0 fully saturated rings. The van der Waals surface area contributed by atoms with E-state index < -0.39 is 11.9 Å². The van der Waals surface area contributed by atoms with Crippen LogP contribution in [0.1, 0.15) is 5.56 Å². The Hall–Kier alpha value is -2.55. The van der Waals surface area contributed by atoms with Crippen molar-refractivity contribution in [1.82, 2.24) is 5.32 Å². The second-order valence-corrected chi connectivity index (χ2v) is 4.68. The van der Waals surface area contributed by atoms with Gasteiger partial charge in [0.1, 0.15) is 6.54 Å². The Morgan fingerprint density at radius 2 is 2.20 bits per heavy atom. The van der Waals surface area contributed by atoms with E-state index in [4.69, 9.17) is 5.26 Å². The van der Waals surface area contributed by atoms with Crippen LogP contribution in [0.25, 0.3) is 0 Å². The minimum absolute atomic E-state index is 0.0450. The van der Waals surface area contributed by atoms with Crippen LogP contribution in [0.15, 0.2) is 24.3 Å².